The molecule has 2 aromatic carbocycles. The molecule has 0 heterocycles. The molecule has 0 saturated heterocycles. The van der Waals surface area contributed by atoms with Gasteiger partial charge in [-0.15, -0.1) is 0 Å². The van der Waals surface area contributed by atoms with Crippen molar-refractivity contribution in [3.05, 3.63) is 58.3 Å². The molecule has 0 saturated carbocycles. The van der Waals surface area contributed by atoms with Crippen LogP contribution in [0.1, 0.15) is 18.5 Å². The third-order valence-electron chi connectivity index (χ3n) is 2.53. The quantitative estimate of drug-likeness (QED) is 0.912. The van der Waals surface area contributed by atoms with Crippen LogP contribution < -0.4 is 10.5 Å². The van der Waals surface area contributed by atoms with E-state index in [9.17, 15) is 4.39 Å². The maximum absolute atomic E-state index is 13.6. The second kappa shape index (κ2) is 5.50. The highest BCUT2D eigenvalue weighted by Crippen LogP contribution is 2.27. The van der Waals surface area contributed by atoms with Crippen molar-refractivity contribution >= 4 is 15.9 Å². The van der Waals surface area contributed by atoms with Crippen molar-refractivity contribution < 1.29 is 9.13 Å². The Balaban J connectivity index is 2.18. The molecule has 2 rings (SSSR count). The Morgan fingerprint density at radius 3 is 2.39 bits per heavy atom. The van der Waals surface area contributed by atoms with Crippen molar-refractivity contribution in [1.82, 2.24) is 0 Å². The molecule has 0 aliphatic heterocycles. The molecule has 0 amide bonds. The summed E-state index contributed by atoms with van der Waals surface area (Å²) in [4.78, 5) is 0. The zero-order chi connectivity index (χ0) is 13.1. The Labute approximate surface area is 114 Å². The van der Waals surface area contributed by atoms with Crippen LogP contribution in [-0.2, 0) is 0 Å². The minimum Gasteiger partial charge on any atom is -0.454 e. The van der Waals surface area contributed by atoms with E-state index in [0.717, 1.165) is 5.56 Å². The number of hydrogen-bond acceptors (Lipinski definition) is 2. The lowest BCUT2D eigenvalue weighted by atomic mass is 10.1. The first kappa shape index (κ1) is 13.1. The third-order valence-corrected chi connectivity index (χ3v) is 3.02. The lowest BCUT2D eigenvalue weighted by Crippen LogP contribution is -2.04. The second-order valence-electron chi connectivity index (χ2n) is 4.03. The molecule has 94 valence electrons. The number of rotatable bonds is 3. The van der Waals surface area contributed by atoms with Gasteiger partial charge in [-0.2, -0.15) is 0 Å². The van der Waals surface area contributed by atoms with E-state index in [0.29, 0.717) is 10.2 Å². The number of nitrogens with two attached hydrogens (primary N) is 1. The lowest BCUT2D eigenvalue weighted by molar-refractivity contribution is 0.442. The first-order chi connectivity index (χ1) is 8.56. The van der Waals surface area contributed by atoms with Gasteiger partial charge in [0, 0.05) is 10.5 Å². The Morgan fingerprint density at radius 1 is 1.17 bits per heavy atom. The fourth-order valence-corrected chi connectivity index (χ4v) is 1.86. The highest BCUT2D eigenvalue weighted by molar-refractivity contribution is 9.10. The van der Waals surface area contributed by atoms with Crippen molar-refractivity contribution in [2.75, 3.05) is 0 Å². The predicted molar refractivity (Wildman–Crippen MR) is 73.2 cm³/mol. The van der Waals surface area contributed by atoms with Gasteiger partial charge in [0.1, 0.15) is 5.75 Å². The van der Waals surface area contributed by atoms with Crippen LogP contribution in [0.3, 0.4) is 0 Å². The summed E-state index contributed by atoms with van der Waals surface area (Å²) in [5.41, 5.74) is 6.76. The zero-order valence-corrected chi connectivity index (χ0v) is 11.4. The topological polar surface area (TPSA) is 35.2 Å². The smallest absolute Gasteiger partial charge is 0.166 e. The van der Waals surface area contributed by atoms with Gasteiger partial charge in [0.25, 0.3) is 0 Å². The average molecular weight is 310 g/mol. The van der Waals surface area contributed by atoms with E-state index in [-0.39, 0.29) is 11.8 Å². The lowest BCUT2D eigenvalue weighted by Gasteiger charge is -2.09. The van der Waals surface area contributed by atoms with Crippen LogP contribution in [0.4, 0.5) is 4.39 Å². The molecule has 0 radical (unpaired) electrons. The molecule has 2 nitrogen and oxygen atoms in total. The number of hydrogen-bond donors (Lipinski definition) is 1. The highest BCUT2D eigenvalue weighted by atomic mass is 79.9. The molecule has 0 fully saturated rings. The Kier molecular flexibility index (Phi) is 3.99. The van der Waals surface area contributed by atoms with Gasteiger partial charge in [0.15, 0.2) is 11.6 Å². The second-order valence-corrected chi connectivity index (χ2v) is 4.95. The average Bonchev–Trinajstić information content (AvgIpc) is 2.33. The first-order valence-electron chi connectivity index (χ1n) is 5.54. The van der Waals surface area contributed by atoms with E-state index in [1.807, 2.05) is 19.1 Å². The molecule has 4 heteroatoms. The zero-order valence-electron chi connectivity index (χ0n) is 9.86. The van der Waals surface area contributed by atoms with E-state index in [2.05, 4.69) is 15.9 Å². The van der Waals surface area contributed by atoms with Crippen LogP contribution in [-0.4, -0.2) is 0 Å². The van der Waals surface area contributed by atoms with E-state index in [4.69, 9.17) is 10.5 Å². The molecule has 0 aliphatic rings. The van der Waals surface area contributed by atoms with Gasteiger partial charge in [-0.25, -0.2) is 4.39 Å². The summed E-state index contributed by atoms with van der Waals surface area (Å²) in [7, 11) is 0. The molecule has 2 N–H and O–H groups in total. The van der Waals surface area contributed by atoms with E-state index >= 15 is 0 Å². The molecule has 18 heavy (non-hydrogen) atoms. The molecule has 0 aromatic heterocycles. The van der Waals surface area contributed by atoms with Crippen LogP contribution in [0.25, 0.3) is 0 Å². The minimum atomic E-state index is -0.402. The minimum absolute atomic E-state index is 0.0246. The normalized spacial score (nSPS) is 12.2. The summed E-state index contributed by atoms with van der Waals surface area (Å²) in [6, 6.07) is 12.0. The fraction of sp³-hybridized carbons (Fsp3) is 0.143. The van der Waals surface area contributed by atoms with Gasteiger partial charge in [-0.1, -0.05) is 28.1 Å². The van der Waals surface area contributed by atoms with Crippen molar-refractivity contribution in [3.8, 4) is 11.5 Å². The molecule has 1 atom stereocenters. The summed E-state index contributed by atoms with van der Waals surface area (Å²) in [6.45, 7) is 1.91. The van der Waals surface area contributed by atoms with Crippen LogP contribution in [0, 0.1) is 5.82 Å². The molecule has 0 unspecified atom stereocenters. The van der Waals surface area contributed by atoms with Gasteiger partial charge in [-0.3, -0.25) is 0 Å². The van der Waals surface area contributed by atoms with E-state index in [1.165, 1.54) is 6.07 Å². The summed E-state index contributed by atoms with van der Waals surface area (Å²) in [5.74, 6) is 0.382. The van der Waals surface area contributed by atoms with Gasteiger partial charge in [0.2, 0.25) is 0 Å². The Hall–Kier alpha value is -1.39. The number of benzene rings is 2. The van der Waals surface area contributed by atoms with Crippen LogP contribution in [0.15, 0.2) is 46.9 Å². The number of halogens is 2. The molecular formula is C14H13BrFNO. The third kappa shape index (κ3) is 3.09. The van der Waals surface area contributed by atoms with Crippen molar-refractivity contribution in [2.24, 2.45) is 5.73 Å². The van der Waals surface area contributed by atoms with Crippen molar-refractivity contribution in [3.63, 3.8) is 0 Å². The van der Waals surface area contributed by atoms with E-state index in [1.54, 1.807) is 24.3 Å². The van der Waals surface area contributed by atoms with Gasteiger partial charge >= 0.3 is 0 Å². The van der Waals surface area contributed by atoms with Gasteiger partial charge in [-0.05, 0) is 42.8 Å². The molecule has 0 spiro atoms. The van der Waals surface area contributed by atoms with Crippen LogP contribution in [0.5, 0.6) is 11.5 Å². The highest BCUT2D eigenvalue weighted by Gasteiger charge is 2.06. The standard InChI is InChI=1S/C14H13BrFNO/c1-9(17)10-2-5-12(6-3-10)18-14-7-4-11(15)8-13(14)16/h2-9H,17H2,1H3/t9-/m0/s1. The number of ether oxygens (including phenoxy) is 1. The first-order valence-corrected chi connectivity index (χ1v) is 6.34. The Morgan fingerprint density at radius 2 is 1.83 bits per heavy atom. The molecule has 2 aromatic rings. The maximum atomic E-state index is 13.6. The van der Waals surface area contributed by atoms with Gasteiger partial charge in [0.05, 0.1) is 0 Å². The van der Waals surface area contributed by atoms with E-state index < -0.39 is 5.82 Å². The van der Waals surface area contributed by atoms with Crippen molar-refractivity contribution in [2.45, 2.75) is 13.0 Å². The summed E-state index contributed by atoms with van der Waals surface area (Å²) >= 11 is 3.20. The molecule has 0 bridgehead atoms. The molecular weight excluding hydrogens is 297 g/mol. The summed E-state index contributed by atoms with van der Waals surface area (Å²) in [5, 5.41) is 0. The van der Waals surface area contributed by atoms with Crippen molar-refractivity contribution in [1.29, 1.82) is 0 Å². The summed E-state index contributed by atoms with van der Waals surface area (Å²) < 4.78 is 19.7. The Bertz CT molecular complexity index is 540. The fourth-order valence-electron chi connectivity index (χ4n) is 1.52. The van der Waals surface area contributed by atoms with Gasteiger partial charge < -0.3 is 10.5 Å². The summed E-state index contributed by atoms with van der Waals surface area (Å²) in [6.07, 6.45) is 0. The predicted octanol–water partition coefficient (Wildman–Crippen LogP) is 4.40. The SMILES string of the molecule is C[C@H](N)c1ccc(Oc2ccc(Br)cc2F)cc1. The largest absolute Gasteiger partial charge is 0.454 e. The van der Waals surface area contributed by atoms with Crippen LogP contribution >= 0.6 is 15.9 Å². The maximum Gasteiger partial charge on any atom is 0.166 e. The molecule has 0 aliphatic carbocycles. The monoisotopic (exact) mass is 309 g/mol. The van der Waals surface area contributed by atoms with Crippen LogP contribution in [0.2, 0.25) is 0 Å².